The molecule has 2 atom stereocenters. The Morgan fingerprint density at radius 3 is 2.55 bits per heavy atom. The van der Waals surface area contributed by atoms with Gasteiger partial charge in [-0.05, 0) is 62.9 Å². The smallest absolute Gasteiger partial charge is 0.119 e. The quantitative estimate of drug-likeness (QED) is 0.823. The zero-order valence-corrected chi connectivity index (χ0v) is 12.7. The molecule has 0 radical (unpaired) electrons. The Labute approximate surface area is 122 Å². The number of hydrogen-bond donors (Lipinski definition) is 1. The van der Waals surface area contributed by atoms with E-state index >= 15 is 0 Å². The van der Waals surface area contributed by atoms with E-state index in [-0.39, 0.29) is 0 Å². The van der Waals surface area contributed by atoms with Crippen LogP contribution in [0.15, 0.2) is 24.3 Å². The van der Waals surface area contributed by atoms with Crippen molar-refractivity contribution >= 4 is 0 Å². The van der Waals surface area contributed by atoms with Crippen LogP contribution in [0.3, 0.4) is 0 Å². The summed E-state index contributed by atoms with van der Waals surface area (Å²) >= 11 is 0. The van der Waals surface area contributed by atoms with Crippen molar-refractivity contribution in [3.63, 3.8) is 0 Å². The molecule has 112 valence electrons. The molecule has 1 aliphatic carbocycles. The van der Waals surface area contributed by atoms with Crippen LogP contribution in [0.25, 0.3) is 0 Å². The molecule has 1 saturated carbocycles. The maximum atomic E-state index is 6.10. The lowest BCUT2D eigenvalue weighted by atomic mass is 9.93. The summed E-state index contributed by atoms with van der Waals surface area (Å²) in [6.45, 7) is 6.09. The number of ether oxygens (including phenoxy) is 2. The number of nitrogens with one attached hydrogen (secondary N) is 1. The highest BCUT2D eigenvalue weighted by Crippen LogP contribution is 2.25. The van der Waals surface area contributed by atoms with Gasteiger partial charge in [0.1, 0.15) is 17.6 Å². The van der Waals surface area contributed by atoms with E-state index in [0.29, 0.717) is 12.1 Å². The molecule has 2 rings (SSSR count). The first-order chi connectivity index (χ1) is 9.81. The van der Waals surface area contributed by atoms with Crippen molar-refractivity contribution in [2.45, 2.75) is 58.1 Å². The second-order valence-electron chi connectivity index (χ2n) is 5.48. The van der Waals surface area contributed by atoms with Gasteiger partial charge in [-0.2, -0.15) is 0 Å². The van der Waals surface area contributed by atoms with E-state index in [1.54, 1.807) is 0 Å². The fraction of sp³-hybridized carbons (Fsp3) is 0.647. The van der Waals surface area contributed by atoms with E-state index in [1.165, 1.54) is 12.8 Å². The SMILES string of the molecule is CCCOc1ccc(OC2CCCC(NCC)C2)cc1. The monoisotopic (exact) mass is 277 g/mol. The molecule has 0 amide bonds. The summed E-state index contributed by atoms with van der Waals surface area (Å²) in [7, 11) is 0. The Morgan fingerprint density at radius 2 is 1.85 bits per heavy atom. The highest BCUT2D eigenvalue weighted by atomic mass is 16.5. The van der Waals surface area contributed by atoms with E-state index in [0.717, 1.165) is 43.9 Å². The fourth-order valence-electron chi connectivity index (χ4n) is 2.75. The van der Waals surface area contributed by atoms with Crippen LogP contribution >= 0.6 is 0 Å². The summed E-state index contributed by atoms with van der Waals surface area (Å²) in [6.07, 6.45) is 6.18. The molecule has 0 heterocycles. The van der Waals surface area contributed by atoms with Crippen LogP contribution in [-0.4, -0.2) is 25.3 Å². The molecule has 1 fully saturated rings. The number of rotatable bonds is 7. The molecule has 2 unspecified atom stereocenters. The second-order valence-corrected chi connectivity index (χ2v) is 5.48. The maximum Gasteiger partial charge on any atom is 0.119 e. The molecule has 1 aromatic rings. The van der Waals surface area contributed by atoms with Crippen molar-refractivity contribution in [1.82, 2.24) is 5.32 Å². The van der Waals surface area contributed by atoms with Crippen molar-refractivity contribution in [2.75, 3.05) is 13.2 Å². The molecule has 0 saturated heterocycles. The largest absolute Gasteiger partial charge is 0.494 e. The molecule has 3 nitrogen and oxygen atoms in total. The second kappa shape index (κ2) is 8.15. The van der Waals surface area contributed by atoms with Crippen molar-refractivity contribution < 1.29 is 9.47 Å². The molecule has 1 aromatic carbocycles. The third-order valence-electron chi connectivity index (χ3n) is 3.72. The van der Waals surface area contributed by atoms with Crippen LogP contribution < -0.4 is 14.8 Å². The molecule has 0 spiro atoms. The van der Waals surface area contributed by atoms with Crippen LogP contribution in [-0.2, 0) is 0 Å². The highest BCUT2D eigenvalue weighted by Gasteiger charge is 2.22. The third kappa shape index (κ3) is 4.71. The molecule has 0 bridgehead atoms. The number of benzene rings is 1. The van der Waals surface area contributed by atoms with E-state index in [2.05, 4.69) is 19.2 Å². The normalized spacial score (nSPS) is 22.5. The van der Waals surface area contributed by atoms with Gasteiger partial charge in [0.25, 0.3) is 0 Å². The summed E-state index contributed by atoms with van der Waals surface area (Å²) in [5.41, 5.74) is 0. The molecular weight excluding hydrogens is 250 g/mol. The zero-order chi connectivity index (χ0) is 14.2. The van der Waals surface area contributed by atoms with Crippen LogP contribution in [0.5, 0.6) is 11.5 Å². The Kier molecular flexibility index (Phi) is 6.19. The van der Waals surface area contributed by atoms with Crippen LogP contribution in [0, 0.1) is 0 Å². The van der Waals surface area contributed by atoms with Gasteiger partial charge in [0.05, 0.1) is 6.61 Å². The standard InChI is InChI=1S/C17H27NO2/c1-3-12-19-15-8-10-16(11-9-15)20-17-7-5-6-14(13-17)18-4-2/h8-11,14,17-18H,3-7,12-13H2,1-2H3. The average molecular weight is 277 g/mol. The van der Waals surface area contributed by atoms with Gasteiger partial charge in [0.2, 0.25) is 0 Å². The Balaban J connectivity index is 1.83. The van der Waals surface area contributed by atoms with Gasteiger partial charge in [-0.15, -0.1) is 0 Å². The van der Waals surface area contributed by atoms with Crippen LogP contribution in [0.2, 0.25) is 0 Å². The van der Waals surface area contributed by atoms with Gasteiger partial charge in [-0.25, -0.2) is 0 Å². The Hall–Kier alpha value is -1.22. The van der Waals surface area contributed by atoms with E-state index in [9.17, 15) is 0 Å². The minimum absolute atomic E-state index is 0.343. The minimum Gasteiger partial charge on any atom is -0.494 e. The van der Waals surface area contributed by atoms with E-state index < -0.39 is 0 Å². The lowest BCUT2D eigenvalue weighted by Crippen LogP contribution is -2.37. The van der Waals surface area contributed by atoms with Gasteiger partial charge in [-0.3, -0.25) is 0 Å². The van der Waals surface area contributed by atoms with Gasteiger partial charge in [0.15, 0.2) is 0 Å². The Bertz CT molecular complexity index is 375. The summed E-state index contributed by atoms with van der Waals surface area (Å²) < 4.78 is 11.7. The van der Waals surface area contributed by atoms with Crippen molar-refractivity contribution in [3.05, 3.63) is 24.3 Å². The molecule has 1 N–H and O–H groups in total. The van der Waals surface area contributed by atoms with Crippen LogP contribution in [0.1, 0.15) is 46.0 Å². The summed E-state index contributed by atoms with van der Waals surface area (Å²) in [4.78, 5) is 0. The minimum atomic E-state index is 0.343. The predicted octanol–water partition coefficient (Wildman–Crippen LogP) is 3.77. The molecule has 0 aromatic heterocycles. The van der Waals surface area contributed by atoms with Gasteiger partial charge < -0.3 is 14.8 Å². The average Bonchev–Trinajstić information content (AvgIpc) is 2.47. The van der Waals surface area contributed by atoms with Gasteiger partial charge in [0, 0.05) is 6.04 Å². The lowest BCUT2D eigenvalue weighted by Gasteiger charge is -2.30. The maximum absolute atomic E-state index is 6.10. The molecule has 0 aliphatic heterocycles. The van der Waals surface area contributed by atoms with Crippen LogP contribution in [0.4, 0.5) is 0 Å². The molecule has 1 aliphatic rings. The number of hydrogen-bond acceptors (Lipinski definition) is 3. The summed E-state index contributed by atoms with van der Waals surface area (Å²) in [5.74, 6) is 1.88. The molecule has 20 heavy (non-hydrogen) atoms. The van der Waals surface area contributed by atoms with Gasteiger partial charge in [-0.1, -0.05) is 13.8 Å². The van der Waals surface area contributed by atoms with E-state index in [4.69, 9.17) is 9.47 Å². The third-order valence-corrected chi connectivity index (χ3v) is 3.72. The first kappa shape index (κ1) is 15.2. The van der Waals surface area contributed by atoms with E-state index in [1.807, 2.05) is 24.3 Å². The van der Waals surface area contributed by atoms with Crippen molar-refractivity contribution in [2.24, 2.45) is 0 Å². The zero-order valence-electron chi connectivity index (χ0n) is 12.7. The first-order valence-electron chi connectivity index (χ1n) is 7.94. The Morgan fingerprint density at radius 1 is 1.10 bits per heavy atom. The first-order valence-corrected chi connectivity index (χ1v) is 7.94. The molecule has 3 heteroatoms. The topological polar surface area (TPSA) is 30.5 Å². The highest BCUT2D eigenvalue weighted by molar-refractivity contribution is 5.31. The fourth-order valence-corrected chi connectivity index (χ4v) is 2.75. The lowest BCUT2D eigenvalue weighted by molar-refractivity contribution is 0.135. The predicted molar refractivity (Wildman–Crippen MR) is 82.6 cm³/mol. The van der Waals surface area contributed by atoms with Crippen molar-refractivity contribution in [3.8, 4) is 11.5 Å². The van der Waals surface area contributed by atoms with Crippen molar-refractivity contribution in [1.29, 1.82) is 0 Å². The summed E-state index contributed by atoms with van der Waals surface area (Å²) in [6, 6.07) is 8.64. The molecular formula is C17H27NO2. The van der Waals surface area contributed by atoms with Gasteiger partial charge >= 0.3 is 0 Å². The summed E-state index contributed by atoms with van der Waals surface area (Å²) in [5, 5.41) is 3.53.